The van der Waals surface area contributed by atoms with E-state index in [1.165, 1.54) is 0 Å². The Morgan fingerprint density at radius 1 is 0.405 bits per heavy atom. The van der Waals surface area contributed by atoms with Gasteiger partial charge in [0, 0.05) is 51.4 Å². The van der Waals surface area contributed by atoms with Crippen molar-refractivity contribution in [1.29, 1.82) is 0 Å². The molecule has 0 aliphatic carbocycles. The first-order chi connectivity index (χ1) is 17.3. The molecule has 0 fully saturated rings. The van der Waals surface area contributed by atoms with Crippen molar-refractivity contribution in [2.24, 2.45) is 0 Å². The summed E-state index contributed by atoms with van der Waals surface area (Å²) in [4.78, 5) is 12.9. The topological polar surface area (TPSA) is 107 Å². The Morgan fingerprint density at radius 3 is 0.946 bits per heavy atom. The maximum absolute atomic E-state index is 7.60. The monoisotopic (exact) mass is 595 g/mol. The number of hydrogen-bond acceptors (Lipinski definition) is 3. The third-order valence-electron chi connectivity index (χ3n) is 5.58. The second kappa shape index (κ2) is 12.4. The van der Waals surface area contributed by atoms with Gasteiger partial charge < -0.3 is 15.3 Å². The van der Waals surface area contributed by atoms with E-state index in [2.05, 4.69) is 15.0 Å². The molecule has 0 amide bonds. The van der Waals surface area contributed by atoms with Crippen LogP contribution in [0.25, 0.3) is 32.7 Å². The van der Waals surface area contributed by atoms with Gasteiger partial charge >= 0.3 is 25.8 Å². The molecule has 3 heterocycles. The summed E-state index contributed by atoms with van der Waals surface area (Å²) in [6, 6.07) is 28.7. The second-order valence-corrected chi connectivity index (χ2v) is 8.49. The second-order valence-electron chi connectivity index (χ2n) is 8.49. The zero-order chi connectivity index (χ0) is 25.7. The molecule has 180 valence electrons. The van der Waals surface area contributed by atoms with E-state index in [0.29, 0.717) is 17.2 Å². The molecular formula is C30H30InN3O3+6. The molecule has 3 aromatic heterocycles. The number of fused-ring (bicyclic) bond motifs is 3. The Hall–Kier alpha value is -3.84. The summed E-state index contributed by atoms with van der Waals surface area (Å²) in [6.45, 7) is 5.81. The van der Waals surface area contributed by atoms with Crippen molar-refractivity contribution in [3.63, 3.8) is 0 Å². The van der Waals surface area contributed by atoms with Crippen LogP contribution in [0.2, 0.25) is 0 Å². The molecule has 0 aliphatic rings. The maximum atomic E-state index is 7.60. The summed E-state index contributed by atoms with van der Waals surface area (Å²) in [6.07, 6.45) is 0. The number of pyridine rings is 3. The van der Waals surface area contributed by atoms with Gasteiger partial charge in [0.15, 0.2) is 16.6 Å². The Morgan fingerprint density at radius 2 is 0.676 bits per heavy atom. The van der Waals surface area contributed by atoms with Crippen LogP contribution in [-0.2, 0) is 0 Å². The van der Waals surface area contributed by atoms with Gasteiger partial charge in [-0.15, -0.1) is 0 Å². The summed E-state index contributed by atoms with van der Waals surface area (Å²) < 4.78 is 0. The van der Waals surface area contributed by atoms with Gasteiger partial charge in [0.2, 0.25) is 0 Å². The number of para-hydroxylation sites is 3. The van der Waals surface area contributed by atoms with Crippen molar-refractivity contribution in [1.82, 2.24) is 15.0 Å². The molecule has 0 aliphatic heterocycles. The van der Waals surface area contributed by atoms with Crippen molar-refractivity contribution in [2.75, 3.05) is 0 Å². The van der Waals surface area contributed by atoms with Crippen molar-refractivity contribution < 1.29 is 15.3 Å². The number of hydrogen-bond donors (Lipinski definition) is 0. The Kier molecular flexibility index (Phi) is 9.31. The summed E-state index contributed by atoms with van der Waals surface area (Å²) >= 11 is 0. The normalized spacial score (nSPS) is 10.1. The van der Waals surface area contributed by atoms with E-state index in [9.17, 15) is 0 Å². The standard InChI is InChI=1S/3C10H9NO.In/c3*1-7-5-6-8-3-2-4-9(12)10(8)11-7;/h3*2-6,12H,1H3;/q;;;+3/p+3. The molecule has 7 heteroatoms. The van der Waals surface area contributed by atoms with Gasteiger partial charge in [0.25, 0.3) is 17.2 Å². The Bertz CT molecular complexity index is 1470. The molecule has 6 nitrogen and oxygen atoms in total. The summed E-state index contributed by atoms with van der Waals surface area (Å²) in [5, 5.41) is 25.9. The summed E-state index contributed by atoms with van der Waals surface area (Å²) in [5.41, 5.74) is 5.25. The van der Waals surface area contributed by atoms with Crippen LogP contribution in [-0.4, -0.2) is 56.1 Å². The van der Waals surface area contributed by atoms with Gasteiger partial charge in [-0.3, -0.25) is 0 Å². The SMILES string of the molecule is Cc1ccc2cccc([OH2+])c2n1.Cc1ccc2cccc([OH2+])c2n1.Cc1ccc2cccc([OH2+])c2n1.[In+3]. The first kappa shape index (κ1) is 27.7. The minimum Gasteiger partial charge on any atom is -0.592 e. The van der Waals surface area contributed by atoms with Crippen molar-refractivity contribution in [3.05, 3.63) is 108 Å². The quantitative estimate of drug-likeness (QED) is 0.215. The van der Waals surface area contributed by atoms with Gasteiger partial charge in [-0.1, -0.05) is 54.6 Å². The van der Waals surface area contributed by atoms with Gasteiger partial charge in [-0.05, 0) is 39.0 Å². The fourth-order valence-electron chi connectivity index (χ4n) is 3.73. The molecule has 0 atom stereocenters. The predicted molar refractivity (Wildman–Crippen MR) is 154 cm³/mol. The Balaban J connectivity index is 0.000000152. The molecule has 6 rings (SSSR count). The fourth-order valence-corrected chi connectivity index (χ4v) is 3.73. The first-order valence-corrected chi connectivity index (χ1v) is 11.6. The van der Waals surface area contributed by atoms with Gasteiger partial charge in [-0.25, -0.2) is 15.0 Å². The largest absolute Gasteiger partial charge is 3.00 e. The smallest absolute Gasteiger partial charge is 0.592 e. The van der Waals surface area contributed by atoms with Gasteiger partial charge in [-0.2, -0.15) is 0 Å². The van der Waals surface area contributed by atoms with Gasteiger partial charge in [0.05, 0.1) is 0 Å². The number of nitrogens with zero attached hydrogens (tertiary/aromatic N) is 3. The summed E-state index contributed by atoms with van der Waals surface area (Å²) in [5.74, 6) is 1.49. The minimum atomic E-state index is 0. The van der Waals surface area contributed by atoms with E-state index >= 15 is 0 Å². The van der Waals surface area contributed by atoms with Crippen LogP contribution in [0.15, 0.2) is 91.0 Å². The van der Waals surface area contributed by atoms with E-state index in [-0.39, 0.29) is 25.8 Å². The molecule has 6 N–H and O–H groups in total. The van der Waals surface area contributed by atoms with Crippen LogP contribution in [0.3, 0.4) is 0 Å². The molecule has 6 aromatic rings. The van der Waals surface area contributed by atoms with Crippen LogP contribution < -0.4 is 0 Å². The molecule has 0 spiro atoms. The third-order valence-corrected chi connectivity index (χ3v) is 5.58. The molecule has 0 bridgehead atoms. The molecule has 0 radical (unpaired) electrons. The van der Waals surface area contributed by atoms with E-state index in [1.54, 1.807) is 18.2 Å². The first-order valence-electron chi connectivity index (χ1n) is 11.6. The molecule has 0 saturated heterocycles. The number of benzene rings is 3. The molecule has 3 aromatic carbocycles. The predicted octanol–water partition coefficient (Wildman–Crippen LogP) is 5.56. The van der Waals surface area contributed by atoms with Crippen LogP contribution in [0, 0.1) is 20.8 Å². The van der Waals surface area contributed by atoms with Crippen molar-refractivity contribution in [2.45, 2.75) is 20.8 Å². The number of aryl methyl sites for hydroxylation is 3. The van der Waals surface area contributed by atoms with Crippen molar-refractivity contribution >= 4 is 58.6 Å². The zero-order valence-corrected chi connectivity index (χ0v) is 24.4. The van der Waals surface area contributed by atoms with Crippen LogP contribution in [0.1, 0.15) is 17.1 Å². The molecular weight excluding hydrogens is 565 g/mol. The van der Waals surface area contributed by atoms with E-state index < -0.39 is 0 Å². The number of aromatic nitrogens is 3. The average molecular weight is 595 g/mol. The maximum Gasteiger partial charge on any atom is 3.00 e. The third kappa shape index (κ3) is 6.89. The van der Waals surface area contributed by atoms with E-state index in [4.69, 9.17) is 15.3 Å². The van der Waals surface area contributed by atoms with Crippen LogP contribution in [0.4, 0.5) is 0 Å². The number of rotatable bonds is 0. The molecule has 0 saturated carbocycles. The van der Waals surface area contributed by atoms with Gasteiger partial charge in [0.1, 0.15) is 0 Å². The minimum absolute atomic E-state index is 0. The summed E-state index contributed by atoms with van der Waals surface area (Å²) in [7, 11) is 0. The average Bonchev–Trinajstić information content (AvgIpc) is 2.87. The molecule has 37 heavy (non-hydrogen) atoms. The fraction of sp³-hybridized carbons (Fsp3) is 0.100. The van der Waals surface area contributed by atoms with E-state index in [1.807, 2.05) is 93.6 Å². The van der Waals surface area contributed by atoms with Crippen molar-refractivity contribution in [3.8, 4) is 17.2 Å². The van der Waals surface area contributed by atoms with Crippen LogP contribution in [0.5, 0.6) is 17.2 Å². The molecule has 0 unspecified atom stereocenters. The Labute approximate surface area is 234 Å². The van der Waals surface area contributed by atoms with Crippen LogP contribution >= 0.6 is 0 Å². The van der Waals surface area contributed by atoms with E-state index in [0.717, 1.165) is 49.8 Å². The zero-order valence-electron chi connectivity index (χ0n) is 21.1.